The van der Waals surface area contributed by atoms with Crippen LogP contribution < -0.4 is 5.32 Å². The fourth-order valence-corrected chi connectivity index (χ4v) is 2.01. The molecule has 0 spiro atoms. The lowest BCUT2D eigenvalue weighted by Crippen LogP contribution is -2.21. The van der Waals surface area contributed by atoms with Crippen LogP contribution in [0.4, 0.5) is 0 Å². The molecule has 0 saturated carbocycles. The van der Waals surface area contributed by atoms with E-state index < -0.39 is 0 Å². The minimum Gasteiger partial charge on any atom is -0.317 e. The molecule has 0 aromatic heterocycles. The summed E-state index contributed by atoms with van der Waals surface area (Å²) in [5.41, 5.74) is 1.17. The van der Waals surface area contributed by atoms with E-state index in [-0.39, 0.29) is 0 Å². The third-order valence-electron chi connectivity index (χ3n) is 2.33. The Morgan fingerprint density at radius 3 is 2.67 bits per heavy atom. The average Bonchev–Trinajstić information content (AvgIpc) is 2.19. The van der Waals surface area contributed by atoms with Gasteiger partial charge in [-0.3, -0.25) is 0 Å². The Morgan fingerprint density at radius 2 is 2.07 bits per heavy atom. The van der Waals surface area contributed by atoms with Crippen LogP contribution in [0.3, 0.4) is 0 Å². The van der Waals surface area contributed by atoms with Crippen molar-refractivity contribution >= 4 is 23.2 Å². The van der Waals surface area contributed by atoms with E-state index in [0.717, 1.165) is 24.5 Å². The maximum Gasteiger partial charge on any atom is 0.0452 e. The quantitative estimate of drug-likeness (QED) is 0.833. The van der Waals surface area contributed by atoms with Crippen LogP contribution in [0.5, 0.6) is 0 Å². The molecule has 84 valence electrons. The number of hydrogen-bond acceptors (Lipinski definition) is 1. The van der Waals surface area contributed by atoms with Gasteiger partial charge in [0.1, 0.15) is 0 Å². The zero-order valence-corrected chi connectivity index (χ0v) is 10.7. The van der Waals surface area contributed by atoms with Crippen molar-refractivity contribution in [1.29, 1.82) is 0 Å². The molecule has 1 aromatic rings. The van der Waals surface area contributed by atoms with E-state index in [9.17, 15) is 0 Å². The van der Waals surface area contributed by atoms with Gasteiger partial charge in [-0.05, 0) is 43.1 Å². The first kappa shape index (κ1) is 12.8. The molecule has 15 heavy (non-hydrogen) atoms. The summed E-state index contributed by atoms with van der Waals surface area (Å²) in [6.07, 6.45) is 0.989. The third-order valence-corrected chi connectivity index (χ3v) is 2.91. The predicted molar refractivity (Wildman–Crippen MR) is 67.9 cm³/mol. The van der Waals surface area contributed by atoms with Crippen LogP contribution in [0.25, 0.3) is 0 Å². The van der Waals surface area contributed by atoms with Gasteiger partial charge >= 0.3 is 0 Å². The number of halogens is 2. The molecule has 3 heteroatoms. The molecule has 1 N–H and O–H groups in total. The van der Waals surface area contributed by atoms with Crippen LogP contribution in [-0.2, 0) is 6.42 Å². The summed E-state index contributed by atoms with van der Waals surface area (Å²) in [6, 6.07) is 5.70. The van der Waals surface area contributed by atoms with Crippen LogP contribution in [-0.4, -0.2) is 13.1 Å². The van der Waals surface area contributed by atoms with E-state index in [4.69, 9.17) is 23.2 Å². The van der Waals surface area contributed by atoms with Crippen LogP contribution in [0.2, 0.25) is 10.0 Å². The van der Waals surface area contributed by atoms with Gasteiger partial charge in [-0.2, -0.15) is 0 Å². The minimum atomic E-state index is 0.587. The summed E-state index contributed by atoms with van der Waals surface area (Å²) >= 11 is 11.9. The van der Waals surface area contributed by atoms with Crippen molar-refractivity contribution in [3.8, 4) is 0 Å². The van der Waals surface area contributed by atoms with Gasteiger partial charge in [0.25, 0.3) is 0 Å². The van der Waals surface area contributed by atoms with Crippen molar-refractivity contribution in [1.82, 2.24) is 5.32 Å². The highest BCUT2D eigenvalue weighted by Crippen LogP contribution is 2.23. The van der Waals surface area contributed by atoms with Gasteiger partial charge in [-0.1, -0.05) is 43.1 Å². The zero-order chi connectivity index (χ0) is 11.3. The smallest absolute Gasteiger partial charge is 0.0452 e. The first-order valence-electron chi connectivity index (χ1n) is 5.28. The molecule has 1 nitrogen and oxygen atoms in total. The van der Waals surface area contributed by atoms with E-state index in [2.05, 4.69) is 19.2 Å². The number of nitrogens with one attached hydrogen (secondary N) is 1. The first-order chi connectivity index (χ1) is 7.13. The van der Waals surface area contributed by atoms with E-state index in [0.29, 0.717) is 10.9 Å². The fourth-order valence-electron chi connectivity index (χ4n) is 1.53. The maximum atomic E-state index is 6.10. The summed E-state index contributed by atoms with van der Waals surface area (Å²) < 4.78 is 0. The Morgan fingerprint density at radius 1 is 1.33 bits per heavy atom. The first-order valence-corrected chi connectivity index (χ1v) is 6.03. The lowest BCUT2D eigenvalue weighted by atomic mass is 10.0. The third kappa shape index (κ3) is 4.42. The maximum absolute atomic E-state index is 6.10. The normalized spacial score (nSPS) is 12.8. The Bertz CT molecular complexity index is 312. The molecule has 1 rings (SSSR count). The lowest BCUT2D eigenvalue weighted by molar-refractivity contribution is 0.521. The van der Waals surface area contributed by atoms with Crippen LogP contribution in [0.15, 0.2) is 18.2 Å². The van der Waals surface area contributed by atoms with Gasteiger partial charge in [-0.25, -0.2) is 0 Å². The second-order valence-electron chi connectivity index (χ2n) is 3.85. The van der Waals surface area contributed by atoms with E-state index in [1.165, 1.54) is 5.56 Å². The van der Waals surface area contributed by atoms with Crippen molar-refractivity contribution in [3.05, 3.63) is 33.8 Å². The van der Waals surface area contributed by atoms with E-state index in [1.807, 2.05) is 12.1 Å². The summed E-state index contributed by atoms with van der Waals surface area (Å²) in [5, 5.41) is 4.80. The van der Waals surface area contributed by atoms with Crippen molar-refractivity contribution in [3.63, 3.8) is 0 Å². The second kappa shape index (κ2) is 6.37. The highest BCUT2D eigenvalue weighted by Gasteiger charge is 2.06. The Hall–Kier alpha value is -0.240. The molecule has 0 heterocycles. The molecule has 0 radical (unpaired) electrons. The molecule has 0 aliphatic carbocycles. The Labute approximate surface area is 102 Å². The SMILES string of the molecule is CCNCC(C)Cc1ccc(Cl)cc1Cl. The number of benzene rings is 1. The van der Waals surface area contributed by atoms with Crippen LogP contribution in [0, 0.1) is 5.92 Å². The molecule has 0 aliphatic heterocycles. The molecule has 0 amide bonds. The van der Waals surface area contributed by atoms with Crippen molar-refractivity contribution in [2.45, 2.75) is 20.3 Å². The van der Waals surface area contributed by atoms with Crippen molar-refractivity contribution in [2.75, 3.05) is 13.1 Å². The second-order valence-corrected chi connectivity index (χ2v) is 4.70. The highest BCUT2D eigenvalue weighted by molar-refractivity contribution is 6.35. The number of rotatable bonds is 5. The monoisotopic (exact) mass is 245 g/mol. The topological polar surface area (TPSA) is 12.0 Å². The van der Waals surface area contributed by atoms with Crippen molar-refractivity contribution < 1.29 is 0 Å². The minimum absolute atomic E-state index is 0.587. The van der Waals surface area contributed by atoms with Gasteiger partial charge in [0.2, 0.25) is 0 Å². The molecule has 0 aliphatic rings. The molecular formula is C12H17Cl2N. The summed E-state index contributed by atoms with van der Waals surface area (Å²) in [4.78, 5) is 0. The molecule has 0 saturated heterocycles. The van der Waals surface area contributed by atoms with Crippen LogP contribution >= 0.6 is 23.2 Å². The van der Waals surface area contributed by atoms with Gasteiger partial charge in [0.15, 0.2) is 0 Å². The fraction of sp³-hybridized carbons (Fsp3) is 0.500. The summed E-state index contributed by atoms with van der Waals surface area (Å²) in [5.74, 6) is 0.587. The van der Waals surface area contributed by atoms with Gasteiger partial charge in [0.05, 0.1) is 0 Å². The van der Waals surface area contributed by atoms with Gasteiger partial charge in [0, 0.05) is 10.0 Å². The Balaban J connectivity index is 2.56. The molecular weight excluding hydrogens is 229 g/mol. The number of hydrogen-bond donors (Lipinski definition) is 1. The Kier molecular flexibility index (Phi) is 5.44. The summed E-state index contributed by atoms with van der Waals surface area (Å²) in [7, 11) is 0. The average molecular weight is 246 g/mol. The highest BCUT2D eigenvalue weighted by atomic mass is 35.5. The largest absolute Gasteiger partial charge is 0.317 e. The van der Waals surface area contributed by atoms with Crippen molar-refractivity contribution in [2.24, 2.45) is 5.92 Å². The van der Waals surface area contributed by atoms with Gasteiger partial charge in [-0.15, -0.1) is 0 Å². The van der Waals surface area contributed by atoms with Crippen LogP contribution in [0.1, 0.15) is 19.4 Å². The molecule has 1 unspecified atom stereocenters. The van der Waals surface area contributed by atoms with Gasteiger partial charge < -0.3 is 5.32 Å². The lowest BCUT2D eigenvalue weighted by Gasteiger charge is -2.12. The molecule has 0 bridgehead atoms. The molecule has 0 fully saturated rings. The van der Waals surface area contributed by atoms with E-state index >= 15 is 0 Å². The standard InChI is InChI=1S/C12H17Cl2N/c1-3-15-8-9(2)6-10-4-5-11(13)7-12(10)14/h4-5,7,9,15H,3,6,8H2,1-2H3. The zero-order valence-electron chi connectivity index (χ0n) is 9.19. The molecule has 1 atom stereocenters. The summed E-state index contributed by atoms with van der Waals surface area (Å²) in [6.45, 7) is 6.36. The van der Waals surface area contributed by atoms with E-state index in [1.54, 1.807) is 6.07 Å². The molecule has 1 aromatic carbocycles. The predicted octanol–water partition coefficient (Wildman–Crippen LogP) is 3.78.